The second-order valence-electron chi connectivity index (χ2n) is 6.74. The Balaban J connectivity index is 2.17. The quantitative estimate of drug-likeness (QED) is 0.741. The number of halogens is 3. The van der Waals surface area contributed by atoms with E-state index in [2.05, 4.69) is 0 Å². The first-order chi connectivity index (χ1) is 14.1. The molecule has 0 aromatic heterocycles. The molecule has 0 bridgehead atoms. The van der Waals surface area contributed by atoms with Crippen LogP contribution in [0.1, 0.15) is 22.3 Å². The maximum Gasteiger partial charge on any atom is 0.417 e. The van der Waals surface area contributed by atoms with Gasteiger partial charge in [-0.3, -0.25) is 4.79 Å². The number of alkyl halides is 3. The molecule has 30 heavy (non-hydrogen) atoms. The second-order valence-corrected chi connectivity index (χ2v) is 6.74. The third-order valence-electron chi connectivity index (χ3n) is 5.16. The first kappa shape index (κ1) is 21.3. The van der Waals surface area contributed by atoms with Crippen LogP contribution < -0.4 is 10.6 Å². The number of aliphatic hydroxyl groups excluding tert-OH is 1. The van der Waals surface area contributed by atoms with Crippen molar-refractivity contribution in [2.24, 2.45) is 5.73 Å². The third kappa shape index (κ3) is 3.08. The number of urea groups is 1. The Hall–Kier alpha value is -3.42. The van der Waals surface area contributed by atoms with Crippen molar-refractivity contribution in [3.8, 4) is 6.07 Å². The number of nitrogens with two attached hydrogens (primary N) is 1. The average molecular weight is 418 g/mol. The molecular weight excluding hydrogens is 401 g/mol. The average Bonchev–Trinajstić information content (AvgIpc) is 2.93. The molecule has 3 N–H and O–H groups in total. The molecule has 1 aliphatic rings. The molecule has 1 atom stereocenters. The number of hydrogen-bond donors (Lipinski definition) is 2. The summed E-state index contributed by atoms with van der Waals surface area (Å²) in [6, 6.07) is 9.48. The molecule has 2 aromatic carbocycles. The normalized spacial score (nSPS) is 19.4. The fourth-order valence-electron chi connectivity index (χ4n) is 3.50. The van der Waals surface area contributed by atoms with Gasteiger partial charge in [0.25, 0.3) is 5.91 Å². The smallest absolute Gasteiger partial charge is 0.393 e. The number of rotatable bonds is 4. The second kappa shape index (κ2) is 7.44. The van der Waals surface area contributed by atoms with Crippen LogP contribution in [0.3, 0.4) is 0 Å². The van der Waals surface area contributed by atoms with E-state index in [0.29, 0.717) is 16.5 Å². The Morgan fingerprint density at radius 3 is 2.47 bits per heavy atom. The van der Waals surface area contributed by atoms with E-state index in [9.17, 15) is 27.9 Å². The van der Waals surface area contributed by atoms with Crippen LogP contribution in [-0.4, -0.2) is 35.6 Å². The molecule has 3 rings (SSSR count). The minimum Gasteiger partial charge on any atom is -0.393 e. The predicted octanol–water partition coefficient (Wildman–Crippen LogP) is 2.32. The van der Waals surface area contributed by atoms with Crippen LogP contribution in [0.4, 0.5) is 23.7 Å². The van der Waals surface area contributed by atoms with Crippen LogP contribution in [0, 0.1) is 11.3 Å². The number of nitriles is 1. The van der Waals surface area contributed by atoms with E-state index >= 15 is 0 Å². The molecule has 3 amide bonds. The number of carbonyl (C=O) groups excluding carboxylic acids is 2. The number of nitrogens with zero attached hydrogens (tertiary/aromatic N) is 3. The first-order valence-electron chi connectivity index (χ1n) is 8.76. The van der Waals surface area contributed by atoms with E-state index < -0.39 is 41.4 Å². The fourth-order valence-corrected chi connectivity index (χ4v) is 3.50. The van der Waals surface area contributed by atoms with Gasteiger partial charge in [-0.05, 0) is 29.3 Å². The van der Waals surface area contributed by atoms with Gasteiger partial charge in [-0.1, -0.05) is 24.3 Å². The van der Waals surface area contributed by atoms with E-state index in [1.165, 1.54) is 19.2 Å². The van der Waals surface area contributed by atoms with Crippen LogP contribution >= 0.6 is 0 Å². The van der Waals surface area contributed by atoms with Crippen LogP contribution in [0.25, 0.3) is 0 Å². The van der Waals surface area contributed by atoms with Crippen molar-refractivity contribution in [2.75, 3.05) is 18.6 Å². The number of anilines is 1. The summed E-state index contributed by atoms with van der Waals surface area (Å²) in [5.41, 5.74) is 2.47. The minimum atomic E-state index is -4.86. The van der Waals surface area contributed by atoms with Crippen molar-refractivity contribution in [2.45, 2.75) is 18.3 Å². The molecule has 10 heteroatoms. The summed E-state index contributed by atoms with van der Waals surface area (Å²) in [4.78, 5) is 27.8. The summed E-state index contributed by atoms with van der Waals surface area (Å²) in [5, 5.41) is 19.1. The van der Waals surface area contributed by atoms with Gasteiger partial charge in [-0.25, -0.2) is 9.69 Å². The Morgan fingerprint density at radius 1 is 1.20 bits per heavy atom. The Kier molecular flexibility index (Phi) is 5.28. The lowest BCUT2D eigenvalue weighted by Crippen LogP contribution is -2.48. The number of hydrogen-bond acceptors (Lipinski definition) is 5. The van der Waals surface area contributed by atoms with Gasteiger partial charge in [0, 0.05) is 13.6 Å². The number of carbonyl (C=O) groups is 2. The molecule has 0 spiro atoms. The third-order valence-corrected chi connectivity index (χ3v) is 5.16. The van der Waals surface area contributed by atoms with Crippen LogP contribution in [-0.2, 0) is 23.1 Å². The van der Waals surface area contributed by atoms with Gasteiger partial charge in [-0.2, -0.15) is 18.4 Å². The lowest BCUT2D eigenvalue weighted by molar-refractivity contribution is -0.137. The van der Waals surface area contributed by atoms with Gasteiger partial charge in [-0.15, -0.1) is 0 Å². The zero-order chi connectivity index (χ0) is 22.3. The van der Waals surface area contributed by atoms with E-state index in [1.54, 1.807) is 18.2 Å². The summed E-state index contributed by atoms with van der Waals surface area (Å²) in [6.07, 6.45) is -4.86. The molecule has 2 aromatic rings. The molecule has 0 radical (unpaired) electrons. The molecule has 0 saturated carbocycles. The molecule has 1 unspecified atom stereocenters. The lowest BCUT2D eigenvalue weighted by atomic mass is 9.88. The van der Waals surface area contributed by atoms with Crippen molar-refractivity contribution in [3.05, 3.63) is 64.7 Å². The number of aliphatic hydroxyl groups is 1. The highest BCUT2D eigenvalue weighted by atomic mass is 19.4. The summed E-state index contributed by atoms with van der Waals surface area (Å²) in [7, 11) is 1.28. The predicted molar refractivity (Wildman–Crippen MR) is 99.9 cm³/mol. The summed E-state index contributed by atoms with van der Waals surface area (Å²) >= 11 is 0. The first-order valence-corrected chi connectivity index (χ1v) is 8.76. The standard InChI is InChI=1S/C20H17F3N4O3/c1-26-18(30)27(15-6-5-13(10-25)16(8-15)20(21,22)23)17(29)19(26,11-28)14-4-2-3-12(7-14)9-24/h2-8,28H,9,11,24H2,1H3. The van der Waals surface area contributed by atoms with E-state index in [-0.39, 0.29) is 17.8 Å². The molecular formula is C20H17F3N4O3. The Morgan fingerprint density at radius 2 is 1.90 bits per heavy atom. The Labute approximate surface area is 169 Å². The van der Waals surface area contributed by atoms with Crippen molar-refractivity contribution in [1.29, 1.82) is 5.26 Å². The van der Waals surface area contributed by atoms with Crippen molar-refractivity contribution in [1.82, 2.24) is 4.90 Å². The Bertz CT molecular complexity index is 1060. The van der Waals surface area contributed by atoms with Crippen molar-refractivity contribution < 1.29 is 27.9 Å². The van der Waals surface area contributed by atoms with Crippen molar-refractivity contribution >= 4 is 17.6 Å². The number of imide groups is 1. The van der Waals surface area contributed by atoms with E-state index in [4.69, 9.17) is 11.0 Å². The molecule has 156 valence electrons. The van der Waals surface area contributed by atoms with Crippen LogP contribution in [0.15, 0.2) is 42.5 Å². The molecule has 1 saturated heterocycles. The highest BCUT2D eigenvalue weighted by Gasteiger charge is 2.57. The highest BCUT2D eigenvalue weighted by molar-refractivity contribution is 6.23. The molecule has 1 heterocycles. The SMILES string of the molecule is CN1C(=O)N(c2ccc(C#N)c(C(F)(F)F)c2)C(=O)C1(CO)c1cccc(CN)c1. The van der Waals surface area contributed by atoms with Crippen molar-refractivity contribution in [3.63, 3.8) is 0 Å². The largest absolute Gasteiger partial charge is 0.417 e. The van der Waals surface area contributed by atoms with Gasteiger partial charge < -0.3 is 15.7 Å². The minimum absolute atomic E-state index is 0.148. The van der Waals surface area contributed by atoms with E-state index in [1.807, 2.05) is 0 Å². The van der Waals surface area contributed by atoms with Gasteiger partial charge in [0.1, 0.15) is 0 Å². The van der Waals surface area contributed by atoms with E-state index in [0.717, 1.165) is 17.0 Å². The van der Waals surface area contributed by atoms with Gasteiger partial charge in [0.15, 0.2) is 5.54 Å². The fraction of sp³-hybridized carbons (Fsp3) is 0.250. The maximum absolute atomic E-state index is 13.3. The highest BCUT2D eigenvalue weighted by Crippen LogP contribution is 2.41. The topological polar surface area (TPSA) is 111 Å². The summed E-state index contributed by atoms with van der Waals surface area (Å²) in [5.74, 6) is -0.912. The molecule has 1 aliphatic heterocycles. The van der Waals surface area contributed by atoms with Gasteiger partial charge >= 0.3 is 12.2 Å². The number of amides is 3. The lowest BCUT2D eigenvalue weighted by Gasteiger charge is -2.31. The number of benzene rings is 2. The molecule has 0 aliphatic carbocycles. The molecule has 1 fully saturated rings. The summed E-state index contributed by atoms with van der Waals surface area (Å²) in [6.45, 7) is -0.642. The zero-order valence-corrected chi connectivity index (χ0v) is 15.8. The maximum atomic E-state index is 13.3. The van der Waals surface area contributed by atoms with Crippen LogP contribution in [0.2, 0.25) is 0 Å². The molecule has 7 nitrogen and oxygen atoms in total. The van der Waals surface area contributed by atoms with Gasteiger partial charge in [0.05, 0.1) is 29.5 Å². The number of likely N-dealkylation sites (N-methyl/N-ethyl adjacent to an activating group) is 1. The summed E-state index contributed by atoms with van der Waals surface area (Å²) < 4.78 is 40.0. The monoisotopic (exact) mass is 418 g/mol. The van der Waals surface area contributed by atoms with Crippen LogP contribution in [0.5, 0.6) is 0 Å². The van der Waals surface area contributed by atoms with Gasteiger partial charge in [0.2, 0.25) is 0 Å². The zero-order valence-electron chi connectivity index (χ0n) is 15.8.